The average molecular weight is 344 g/mol. The van der Waals surface area contributed by atoms with Crippen molar-refractivity contribution in [3.05, 3.63) is 47.5 Å². The van der Waals surface area contributed by atoms with Gasteiger partial charge in [-0.15, -0.1) is 0 Å². The Bertz CT molecular complexity index is 797. The summed E-state index contributed by atoms with van der Waals surface area (Å²) < 4.78 is 15.2. The molecular formula is C18H21FN4O2. The number of carbonyl (C=O) groups is 2. The van der Waals surface area contributed by atoms with Gasteiger partial charge in [-0.1, -0.05) is 0 Å². The minimum absolute atomic E-state index is 0.000460. The van der Waals surface area contributed by atoms with Gasteiger partial charge in [-0.25, -0.2) is 4.39 Å². The average Bonchev–Trinajstić information content (AvgIpc) is 2.94. The molecule has 3 rings (SSSR count). The largest absolute Gasteiger partial charge is 0.338 e. The lowest BCUT2D eigenvalue weighted by atomic mass is 9.85. The fourth-order valence-corrected chi connectivity index (χ4v) is 3.40. The van der Waals surface area contributed by atoms with Crippen molar-refractivity contribution in [2.45, 2.75) is 25.8 Å². The normalized spacial score (nSPS) is 20.6. The fraction of sp³-hybridized carbons (Fsp3) is 0.389. The van der Waals surface area contributed by atoms with Crippen LogP contribution >= 0.6 is 0 Å². The zero-order valence-electron chi connectivity index (χ0n) is 14.5. The molecule has 0 radical (unpaired) electrons. The maximum absolute atomic E-state index is 13.6. The number of likely N-dealkylation sites (tertiary alicyclic amines) is 1. The van der Waals surface area contributed by atoms with Crippen LogP contribution in [0, 0.1) is 18.7 Å². The number of carbonyl (C=O) groups excluding carboxylic acids is 2. The van der Waals surface area contributed by atoms with Gasteiger partial charge in [-0.2, -0.15) is 5.10 Å². The number of amides is 2. The minimum atomic E-state index is -0.421. The summed E-state index contributed by atoms with van der Waals surface area (Å²) in [7, 11) is 3.49. The Kier molecular flexibility index (Phi) is 4.57. The Hall–Kier alpha value is -2.70. The first-order chi connectivity index (χ1) is 11.8. The van der Waals surface area contributed by atoms with Crippen LogP contribution in [0.2, 0.25) is 0 Å². The Morgan fingerprint density at radius 3 is 2.72 bits per heavy atom. The summed E-state index contributed by atoms with van der Waals surface area (Å²) in [5, 5.41) is 6.94. The smallest absolute Gasteiger partial charge is 0.229 e. The van der Waals surface area contributed by atoms with Crippen LogP contribution in [-0.4, -0.2) is 33.5 Å². The van der Waals surface area contributed by atoms with Crippen molar-refractivity contribution in [1.82, 2.24) is 14.7 Å². The molecule has 0 aliphatic carbocycles. The van der Waals surface area contributed by atoms with Crippen molar-refractivity contribution >= 4 is 17.5 Å². The van der Waals surface area contributed by atoms with E-state index < -0.39 is 11.7 Å². The van der Waals surface area contributed by atoms with E-state index in [1.165, 1.54) is 12.1 Å². The molecule has 2 amide bonds. The topological polar surface area (TPSA) is 67.2 Å². The van der Waals surface area contributed by atoms with Crippen LogP contribution in [0.25, 0.3) is 0 Å². The van der Waals surface area contributed by atoms with Crippen molar-refractivity contribution in [3.8, 4) is 0 Å². The van der Waals surface area contributed by atoms with E-state index in [1.807, 2.05) is 6.20 Å². The van der Waals surface area contributed by atoms with Crippen LogP contribution in [0.15, 0.2) is 30.6 Å². The highest BCUT2D eigenvalue weighted by atomic mass is 19.1. The predicted molar refractivity (Wildman–Crippen MR) is 91.2 cm³/mol. The summed E-state index contributed by atoms with van der Waals surface area (Å²) in [5.74, 6) is -1.04. The van der Waals surface area contributed by atoms with Crippen LogP contribution in [-0.2, 0) is 16.6 Å². The molecule has 1 aromatic heterocycles. The molecule has 1 aliphatic heterocycles. The molecule has 0 saturated carbocycles. The second-order valence-electron chi connectivity index (χ2n) is 6.55. The summed E-state index contributed by atoms with van der Waals surface area (Å²) in [5.41, 5.74) is 1.97. The van der Waals surface area contributed by atoms with E-state index in [0.29, 0.717) is 18.5 Å². The number of aryl methyl sites for hydroxylation is 2. The first kappa shape index (κ1) is 17.1. The molecule has 0 bridgehead atoms. The van der Waals surface area contributed by atoms with Gasteiger partial charge in [0.15, 0.2) is 0 Å². The Labute approximate surface area is 145 Å². The molecule has 2 atom stereocenters. The summed E-state index contributed by atoms with van der Waals surface area (Å²) in [6.07, 6.45) is 4.25. The van der Waals surface area contributed by atoms with Gasteiger partial charge in [-0.05, 0) is 37.1 Å². The highest BCUT2D eigenvalue weighted by Gasteiger charge is 2.39. The van der Waals surface area contributed by atoms with Gasteiger partial charge >= 0.3 is 0 Å². The molecule has 2 aromatic rings. The summed E-state index contributed by atoms with van der Waals surface area (Å²) in [6, 6.07) is 4.03. The van der Waals surface area contributed by atoms with Gasteiger partial charge in [0.25, 0.3) is 0 Å². The standard InChI is InChI=1S/C18H21FN4O2/c1-11-6-13(19)8-14(7-11)21-18(25)15-4-5-16(24)23(3)17(15)12-9-20-22(2)10-12/h6-10,15,17H,4-5H2,1-3H3,(H,21,25)/t15-,17+/m1/s1. The lowest BCUT2D eigenvalue weighted by Gasteiger charge is -2.37. The number of piperidine rings is 1. The molecule has 25 heavy (non-hydrogen) atoms. The molecule has 1 fully saturated rings. The molecule has 7 heteroatoms. The number of hydrogen-bond donors (Lipinski definition) is 1. The van der Waals surface area contributed by atoms with Crippen molar-refractivity contribution in [2.75, 3.05) is 12.4 Å². The quantitative estimate of drug-likeness (QED) is 0.930. The maximum Gasteiger partial charge on any atom is 0.229 e. The van der Waals surface area contributed by atoms with E-state index in [0.717, 1.165) is 11.1 Å². The molecule has 2 heterocycles. The third kappa shape index (κ3) is 3.55. The van der Waals surface area contributed by atoms with Crippen LogP contribution < -0.4 is 5.32 Å². The first-order valence-corrected chi connectivity index (χ1v) is 8.17. The van der Waals surface area contributed by atoms with Gasteiger partial charge < -0.3 is 10.2 Å². The number of benzene rings is 1. The van der Waals surface area contributed by atoms with E-state index in [9.17, 15) is 14.0 Å². The number of hydrogen-bond acceptors (Lipinski definition) is 3. The fourth-order valence-electron chi connectivity index (χ4n) is 3.40. The molecule has 0 unspecified atom stereocenters. The second kappa shape index (κ2) is 6.66. The molecular weight excluding hydrogens is 323 g/mol. The molecule has 6 nitrogen and oxygen atoms in total. The third-order valence-electron chi connectivity index (χ3n) is 4.57. The third-order valence-corrected chi connectivity index (χ3v) is 4.57. The van der Waals surface area contributed by atoms with Gasteiger partial charge in [-0.3, -0.25) is 14.3 Å². The maximum atomic E-state index is 13.6. The number of aromatic nitrogens is 2. The summed E-state index contributed by atoms with van der Waals surface area (Å²) in [6.45, 7) is 1.77. The van der Waals surface area contributed by atoms with Crippen LogP contribution in [0.3, 0.4) is 0 Å². The SMILES string of the molecule is Cc1cc(F)cc(NC(=O)[C@@H]2CCC(=O)N(C)[C@H]2c2cnn(C)c2)c1. The Morgan fingerprint density at radius 1 is 1.32 bits per heavy atom. The van der Waals surface area contributed by atoms with E-state index in [1.54, 1.807) is 42.9 Å². The molecule has 132 valence electrons. The van der Waals surface area contributed by atoms with E-state index >= 15 is 0 Å². The predicted octanol–water partition coefficient (Wildman–Crippen LogP) is 2.42. The number of rotatable bonds is 3. The van der Waals surface area contributed by atoms with Gasteiger partial charge in [0, 0.05) is 38.0 Å². The zero-order chi connectivity index (χ0) is 18.1. The molecule has 1 aromatic carbocycles. The highest BCUT2D eigenvalue weighted by Crippen LogP contribution is 2.36. The van der Waals surface area contributed by atoms with Crippen LogP contribution in [0.5, 0.6) is 0 Å². The van der Waals surface area contributed by atoms with E-state index in [2.05, 4.69) is 10.4 Å². The summed E-state index contributed by atoms with van der Waals surface area (Å²) in [4.78, 5) is 26.6. The van der Waals surface area contributed by atoms with Gasteiger partial charge in [0.1, 0.15) is 5.82 Å². The molecule has 1 saturated heterocycles. The zero-order valence-corrected chi connectivity index (χ0v) is 14.5. The molecule has 1 N–H and O–H groups in total. The van der Waals surface area contributed by atoms with Gasteiger partial charge in [0.2, 0.25) is 11.8 Å². The van der Waals surface area contributed by atoms with Crippen LogP contribution in [0.4, 0.5) is 10.1 Å². The molecule has 0 spiro atoms. The lowest BCUT2D eigenvalue weighted by molar-refractivity contribution is -0.140. The van der Waals surface area contributed by atoms with Crippen molar-refractivity contribution in [3.63, 3.8) is 0 Å². The van der Waals surface area contributed by atoms with E-state index in [4.69, 9.17) is 0 Å². The first-order valence-electron chi connectivity index (χ1n) is 8.17. The highest BCUT2D eigenvalue weighted by molar-refractivity contribution is 5.94. The van der Waals surface area contributed by atoms with Crippen molar-refractivity contribution in [1.29, 1.82) is 0 Å². The second-order valence-corrected chi connectivity index (χ2v) is 6.55. The monoisotopic (exact) mass is 344 g/mol. The van der Waals surface area contributed by atoms with Crippen molar-refractivity contribution < 1.29 is 14.0 Å². The van der Waals surface area contributed by atoms with Crippen LogP contribution in [0.1, 0.15) is 30.0 Å². The molecule has 1 aliphatic rings. The van der Waals surface area contributed by atoms with E-state index in [-0.39, 0.29) is 17.9 Å². The summed E-state index contributed by atoms with van der Waals surface area (Å²) >= 11 is 0. The Morgan fingerprint density at radius 2 is 2.08 bits per heavy atom. The number of nitrogens with one attached hydrogen (secondary N) is 1. The lowest BCUT2D eigenvalue weighted by Crippen LogP contribution is -2.44. The number of anilines is 1. The minimum Gasteiger partial charge on any atom is -0.338 e. The van der Waals surface area contributed by atoms with Gasteiger partial charge in [0.05, 0.1) is 18.2 Å². The number of nitrogens with zero attached hydrogens (tertiary/aromatic N) is 3. The van der Waals surface area contributed by atoms with Crippen molar-refractivity contribution in [2.24, 2.45) is 13.0 Å². The number of halogens is 1. The Balaban J connectivity index is 1.87.